The van der Waals surface area contributed by atoms with E-state index in [0.717, 1.165) is 0 Å². The summed E-state index contributed by atoms with van der Waals surface area (Å²) in [7, 11) is 0. The highest BCUT2D eigenvalue weighted by atomic mass is 16.6. The smallest absolute Gasteiger partial charge is 0.157 e. The topological polar surface area (TPSA) is 56.5 Å². The fourth-order valence-electron chi connectivity index (χ4n) is 1.47. The predicted octanol–water partition coefficient (Wildman–Crippen LogP) is 0.602. The minimum Gasteiger partial charge on any atom is -0.482 e. The van der Waals surface area contributed by atoms with Gasteiger partial charge in [-0.15, -0.1) is 0 Å². The van der Waals surface area contributed by atoms with Crippen molar-refractivity contribution in [1.82, 2.24) is 9.78 Å². The standard InChI is InChI=1S/C10H16N2O3/c1-7(2)12-4-8(3-11-12)15-10-6-14-5-9(10)13/h3-4,7,9-10,13H,5-6H2,1-2H3/t9-,10-/m1/s1. The molecular formula is C10H16N2O3. The van der Waals surface area contributed by atoms with Crippen LogP contribution < -0.4 is 4.74 Å². The van der Waals surface area contributed by atoms with Crippen molar-refractivity contribution in [3.63, 3.8) is 0 Å². The minimum absolute atomic E-state index is 0.269. The summed E-state index contributed by atoms with van der Waals surface area (Å²) in [6.45, 7) is 4.88. The van der Waals surface area contributed by atoms with E-state index in [1.54, 1.807) is 6.20 Å². The van der Waals surface area contributed by atoms with Crippen molar-refractivity contribution < 1.29 is 14.6 Å². The number of hydrogen-bond donors (Lipinski definition) is 1. The van der Waals surface area contributed by atoms with E-state index in [4.69, 9.17) is 9.47 Å². The van der Waals surface area contributed by atoms with E-state index >= 15 is 0 Å². The van der Waals surface area contributed by atoms with E-state index in [-0.39, 0.29) is 6.10 Å². The number of hydrogen-bond acceptors (Lipinski definition) is 4. The lowest BCUT2D eigenvalue weighted by molar-refractivity contribution is 0.0733. The second kappa shape index (κ2) is 4.20. The highest BCUT2D eigenvalue weighted by molar-refractivity contribution is 5.13. The van der Waals surface area contributed by atoms with Crippen molar-refractivity contribution in [3.05, 3.63) is 12.4 Å². The van der Waals surface area contributed by atoms with Crippen LogP contribution in [0.25, 0.3) is 0 Å². The van der Waals surface area contributed by atoms with E-state index < -0.39 is 6.10 Å². The van der Waals surface area contributed by atoms with E-state index in [9.17, 15) is 5.11 Å². The van der Waals surface area contributed by atoms with Crippen LogP contribution in [0.1, 0.15) is 19.9 Å². The Kier molecular flexibility index (Phi) is 2.93. The van der Waals surface area contributed by atoms with Crippen molar-refractivity contribution in [2.75, 3.05) is 13.2 Å². The molecule has 0 radical (unpaired) electrons. The number of nitrogens with zero attached hydrogens (tertiary/aromatic N) is 2. The zero-order valence-electron chi connectivity index (χ0n) is 8.96. The van der Waals surface area contributed by atoms with Gasteiger partial charge in [-0.2, -0.15) is 5.10 Å². The summed E-state index contributed by atoms with van der Waals surface area (Å²) in [6, 6.07) is 0.312. The molecule has 0 bridgehead atoms. The van der Waals surface area contributed by atoms with Gasteiger partial charge in [-0.1, -0.05) is 0 Å². The third-order valence-corrected chi connectivity index (χ3v) is 2.39. The molecule has 2 heterocycles. The van der Waals surface area contributed by atoms with Crippen LogP contribution in [0.4, 0.5) is 0 Å². The second-order valence-corrected chi connectivity index (χ2v) is 4.01. The van der Waals surface area contributed by atoms with Gasteiger partial charge in [0.25, 0.3) is 0 Å². The van der Waals surface area contributed by atoms with Gasteiger partial charge in [-0.25, -0.2) is 0 Å². The average molecular weight is 212 g/mol. The molecule has 84 valence electrons. The number of aromatic nitrogens is 2. The van der Waals surface area contributed by atoms with Crippen LogP contribution in [0, 0.1) is 0 Å². The van der Waals surface area contributed by atoms with Crippen LogP contribution in [0.2, 0.25) is 0 Å². The molecule has 0 aliphatic carbocycles. The summed E-state index contributed by atoms with van der Waals surface area (Å²) in [5.74, 6) is 0.679. The molecule has 5 heteroatoms. The molecule has 0 amide bonds. The van der Waals surface area contributed by atoms with Crippen LogP contribution in [0.3, 0.4) is 0 Å². The van der Waals surface area contributed by atoms with Crippen LogP contribution in [0.15, 0.2) is 12.4 Å². The SMILES string of the molecule is CC(C)n1cc(O[C@@H]2COC[C@H]2O)cn1. The molecule has 1 aromatic heterocycles. The molecule has 2 rings (SSSR count). The zero-order valence-corrected chi connectivity index (χ0v) is 8.96. The quantitative estimate of drug-likeness (QED) is 0.797. The van der Waals surface area contributed by atoms with E-state index in [2.05, 4.69) is 5.10 Å². The molecule has 1 aromatic rings. The molecular weight excluding hydrogens is 196 g/mol. The summed E-state index contributed by atoms with van der Waals surface area (Å²) < 4.78 is 12.5. The fourth-order valence-corrected chi connectivity index (χ4v) is 1.47. The van der Waals surface area contributed by atoms with Crippen molar-refractivity contribution in [2.24, 2.45) is 0 Å². The third kappa shape index (κ3) is 2.30. The Morgan fingerprint density at radius 3 is 2.93 bits per heavy atom. The molecule has 0 spiro atoms. The molecule has 1 fully saturated rings. The van der Waals surface area contributed by atoms with Crippen LogP contribution in [-0.4, -0.2) is 40.3 Å². The number of aliphatic hydroxyl groups is 1. The summed E-state index contributed by atoms with van der Waals surface area (Å²) >= 11 is 0. The molecule has 5 nitrogen and oxygen atoms in total. The van der Waals surface area contributed by atoms with Gasteiger partial charge in [0.1, 0.15) is 6.10 Å². The minimum atomic E-state index is -0.535. The number of ether oxygens (including phenoxy) is 2. The fraction of sp³-hybridized carbons (Fsp3) is 0.700. The molecule has 1 aliphatic heterocycles. The maximum absolute atomic E-state index is 9.49. The summed E-state index contributed by atoms with van der Waals surface area (Å²) in [5.41, 5.74) is 0. The molecule has 1 aliphatic rings. The van der Waals surface area contributed by atoms with Gasteiger partial charge < -0.3 is 14.6 Å². The molecule has 0 saturated carbocycles. The maximum atomic E-state index is 9.49. The van der Waals surface area contributed by atoms with E-state index in [1.165, 1.54) is 0 Å². The highest BCUT2D eigenvalue weighted by Crippen LogP contribution is 2.17. The Labute approximate surface area is 88.6 Å². The van der Waals surface area contributed by atoms with Gasteiger partial charge in [0.15, 0.2) is 11.9 Å². The first-order valence-electron chi connectivity index (χ1n) is 5.13. The normalized spacial score (nSPS) is 26.1. The molecule has 1 saturated heterocycles. The molecule has 1 N–H and O–H groups in total. The second-order valence-electron chi connectivity index (χ2n) is 4.01. The predicted molar refractivity (Wildman–Crippen MR) is 53.9 cm³/mol. The van der Waals surface area contributed by atoms with Crippen molar-refractivity contribution >= 4 is 0 Å². The zero-order chi connectivity index (χ0) is 10.8. The maximum Gasteiger partial charge on any atom is 0.157 e. The number of aliphatic hydroxyl groups excluding tert-OH is 1. The van der Waals surface area contributed by atoms with E-state index in [1.807, 2.05) is 24.7 Å². The summed E-state index contributed by atoms with van der Waals surface area (Å²) in [6.07, 6.45) is 2.68. The lowest BCUT2D eigenvalue weighted by atomic mass is 10.2. The third-order valence-electron chi connectivity index (χ3n) is 2.39. The molecule has 0 unspecified atom stereocenters. The van der Waals surface area contributed by atoms with Gasteiger partial charge in [-0.3, -0.25) is 4.68 Å². The Balaban J connectivity index is 1.98. The van der Waals surface area contributed by atoms with Gasteiger partial charge in [0.05, 0.1) is 25.6 Å². The van der Waals surface area contributed by atoms with Crippen molar-refractivity contribution in [1.29, 1.82) is 0 Å². The Hall–Kier alpha value is -1.07. The first kappa shape index (κ1) is 10.4. The van der Waals surface area contributed by atoms with Gasteiger partial charge >= 0.3 is 0 Å². The first-order chi connectivity index (χ1) is 7.16. The summed E-state index contributed by atoms with van der Waals surface area (Å²) in [4.78, 5) is 0. The van der Waals surface area contributed by atoms with E-state index in [0.29, 0.717) is 25.0 Å². The first-order valence-corrected chi connectivity index (χ1v) is 5.13. The van der Waals surface area contributed by atoms with Gasteiger partial charge in [0, 0.05) is 6.04 Å². The average Bonchev–Trinajstić information content (AvgIpc) is 2.77. The Morgan fingerprint density at radius 2 is 2.40 bits per heavy atom. The lowest BCUT2D eigenvalue weighted by Crippen LogP contribution is -2.29. The van der Waals surface area contributed by atoms with Crippen LogP contribution >= 0.6 is 0 Å². The van der Waals surface area contributed by atoms with Crippen molar-refractivity contribution in [3.8, 4) is 5.75 Å². The Morgan fingerprint density at radius 1 is 1.60 bits per heavy atom. The largest absolute Gasteiger partial charge is 0.482 e. The van der Waals surface area contributed by atoms with Crippen LogP contribution in [0.5, 0.6) is 5.75 Å². The van der Waals surface area contributed by atoms with Gasteiger partial charge in [0.2, 0.25) is 0 Å². The number of rotatable bonds is 3. The van der Waals surface area contributed by atoms with Gasteiger partial charge in [-0.05, 0) is 13.8 Å². The molecule has 2 atom stereocenters. The monoisotopic (exact) mass is 212 g/mol. The van der Waals surface area contributed by atoms with Crippen LogP contribution in [-0.2, 0) is 4.74 Å². The molecule has 0 aromatic carbocycles. The highest BCUT2D eigenvalue weighted by Gasteiger charge is 2.28. The lowest BCUT2D eigenvalue weighted by Gasteiger charge is -2.13. The molecule has 15 heavy (non-hydrogen) atoms. The van der Waals surface area contributed by atoms with Crippen molar-refractivity contribution in [2.45, 2.75) is 32.1 Å². The summed E-state index contributed by atoms with van der Waals surface area (Å²) in [5, 5.41) is 13.6. The Bertz CT molecular complexity index is 324.